The maximum atomic E-state index is 12.6. The molecule has 3 amide bonds. The third-order valence-corrected chi connectivity index (χ3v) is 6.02. The molecule has 0 unspecified atom stereocenters. The molecule has 25 heavy (non-hydrogen) atoms. The van der Waals surface area contributed by atoms with Gasteiger partial charge in [0.05, 0.1) is 0 Å². The maximum absolute atomic E-state index is 12.6. The van der Waals surface area contributed by atoms with Crippen molar-refractivity contribution in [2.45, 2.75) is 6.42 Å². The lowest BCUT2D eigenvalue weighted by Crippen LogP contribution is -2.39. The summed E-state index contributed by atoms with van der Waals surface area (Å²) in [5.74, 6) is 0.0129. The van der Waals surface area contributed by atoms with Crippen LogP contribution in [0.1, 0.15) is 16.1 Å². The van der Waals surface area contributed by atoms with Crippen molar-refractivity contribution in [3.8, 4) is 0 Å². The Labute approximate surface area is 163 Å². The van der Waals surface area contributed by atoms with E-state index in [1.165, 1.54) is 11.3 Å². The largest absolute Gasteiger partial charge is 0.336 e. The maximum Gasteiger partial charge on any atom is 0.321 e. The minimum Gasteiger partial charge on any atom is -0.336 e. The summed E-state index contributed by atoms with van der Waals surface area (Å²) in [6.45, 7) is 2.28. The van der Waals surface area contributed by atoms with Crippen molar-refractivity contribution in [1.82, 2.24) is 9.80 Å². The van der Waals surface area contributed by atoms with E-state index < -0.39 is 0 Å². The minimum absolute atomic E-state index is 0.0129. The SMILES string of the molecule is O=C(Nc1cccc(Cl)c1)N1CCCN(C(=O)c2sccc2Br)CC1. The number of carbonyl (C=O) groups excluding carboxylic acids is 2. The Bertz CT molecular complexity index is 783. The monoisotopic (exact) mass is 441 g/mol. The first-order valence-electron chi connectivity index (χ1n) is 7.88. The first kappa shape index (κ1) is 18.2. The third-order valence-electron chi connectivity index (χ3n) is 3.96. The van der Waals surface area contributed by atoms with Crippen LogP contribution in [0, 0.1) is 0 Å². The van der Waals surface area contributed by atoms with Crippen LogP contribution in [0.15, 0.2) is 40.2 Å². The van der Waals surface area contributed by atoms with Crippen molar-refractivity contribution in [3.63, 3.8) is 0 Å². The van der Waals surface area contributed by atoms with E-state index in [-0.39, 0.29) is 11.9 Å². The molecule has 0 bridgehead atoms. The van der Waals surface area contributed by atoms with Crippen LogP contribution >= 0.6 is 38.9 Å². The lowest BCUT2D eigenvalue weighted by molar-refractivity contribution is 0.0766. The zero-order valence-corrected chi connectivity index (χ0v) is 16.5. The first-order chi connectivity index (χ1) is 12.0. The summed E-state index contributed by atoms with van der Waals surface area (Å²) >= 11 is 10.8. The van der Waals surface area contributed by atoms with Gasteiger partial charge in [-0.05, 0) is 52.0 Å². The lowest BCUT2D eigenvalue weighted by Gasteiger charge is -2.22. The summed E-state index contributed by atoms with van der Waals surface area (Å²) in [5, 5.41) is 5.32. The molecule has 0 spiro atoms. The van der Waals surface area contributed by atoms with Gasteiger partial charge in [0.15, 0.2) is 0 Å². The van der Waals surface area contributed by atoms with Crippen LogP contribution in [-0.2, 0) is 0 Å². The highest BCUT2D eigenvalue weighted by Crippen LogP contribution is 2.24. The molecule has 132 valence electrons. The molecule has 0 aliphatic carbocycles. The van der Waals surface area contributed by atoms with Crippen molar-refractivity contribution in [1.29, 1.82) is 0 Å². The normalized spacial score (nSPS) is 15.0. The van der Waals surface area contributed by atoms with E-state index in [9.17, 15) is 9.59 Å². The summed E-state index contributed by atoms with van der Waals surface area (Å²) in [4.78, 5) is 29.3. The topological polar surface area (TPSA) is 52.7 Å². The average molecular weight is 443 g/mol. The fourth-order valence-corrected chi connectivity index (χ4v) is 4.38. The van der Waals surface area contributed by atoms with E-state index in [1.54, 1.807) is 29.2 Å². The molecule has 1 aliphatic heterocycles. The zero-order chi connectivity index (χ0) is 17.8. The van der Waals surface area contributed by atoms with Gasteiger partial charge in [-0.2, -0.15) is 0 Å². The summed E-state index contributed by atoms with van der Waals surface area (Å²) in [6, 6.07) is 8.76. The quantitative estimate of drug-likeness (QED) is 0.742. The smallest absolute Gasteiger partial charge is 0.321 e. The van der Waals surface area contributed by atoms with Gasteiger partial charge in [-0.3, -0.25) is 4.79 Å². The molecule has 2 aromatic rings. The number of benzene rings is 1. The van der Waals surface area contributed by atoms with Crippen LogP contribution in [0.3, 0.4) is 0 Å². The molecule has 8 heteroatoms. The number of rotatable bonds is 2. The number of hydrogen-bond acceptors (Lipinski definition) is 3. The summed E-state index contributed by atoms with van der Waals surface area (Å²) in [5.41, 5.74) is 0.664. The standard InChI is InChI=1S/C17H17BrClN3O2S/c18-14-5-10-25-15(14)16(23)21-6-2-7-22(9-8-21)17(24)20-13-4-1-3-12(19)11-13/h1,3-5,10-11H,2,6-9H2,(H,20,24). The molecule has 5 nitrogen and oxygen atoms in total. The molecule has 1 aromatic heterocycles. The number of nitrogens with one attached hydrogen (secondary N) is 1. The molecule has 1 aromatic carbocycles. The van der Waals surface area contributed by atoms with Gasteiger partial charge in [-0.15, -0.1) is 11.3 Å². The Morgan fingerprint density at radius 3 is 2.60 bits per heavy atom. The summed E-state index contributed by atoms with van der Waals surface area (Å²) in [7, 11) is 0. The third kappa shape index (κ3) is 4.54. The number of carbonyl (C=O) groups is 2. The predicted octanol–water partition coefficient (Wildman–Crippen LogP) is 4.54. The molecule has 1 saturated heterocycles. The molecule has 0 saturated carbocycles. The van der Waals surface area contributed by atoms with E-state index in [1.807, 2.05) is 16.3 Å². The van der Waals surface area contributed by atoms with E-state index in [4.69, 9.17) is 11.6 Å². The molecular formula is C17H17BrClN3O2S. The Kier molecular flexibility index (Phi) is 5.98. The van der Waals surface area contributed by atoms with Crippen molar-refractivity contribution < 1.29 is 9.59 Å². The number of thiophene rings is 1. The van der Waals surface area contributed by atoms with Crippen molar-refractivity contribution >= 4 is 56.5 Å². The molecule has 0 radical (unpaired) electrons. The average Bonchev–Trinajstić information content (AvgIpc) is 2.86. The van der Waals surface area contributed by atoms with Crippen molar-refractivity contribution in [2.75, 3.05) is 31.5 Å². The van der Waals surface area contributed by atoms with Crippen LogP contribution in [0.25, 0.3) is 0 Å². The number of urea groups is 1. The van der Waals surface area contributed by atoms with Crippen LogP contribution in [0.4, 0.5) is 10.5 Å². The van der Waals surface area contributed by atoms with Gasteiger partial charge in [0.25, 0.3) is 5.91 Å². The highest BCUT2D eigenvalue weighted by Gasteiger charge is 2.24. The van der Waals surface area contributed by atoms with Gasteiger partial charge < -0.3 is 15.1 Å². The van der Waals surface area contributed by atoms with Crippen molar-refractivity contribution in [3.05, 3.63) is 50.1 Å². The molecule has 3 rings (SSSR count). The van der Waals surface area contributed by atoms with Gasteiger partial charge in [0, 0.05) is 41.4 Å². The van der Waals surface area contributed by atoms with Crippen LogP contribution < -0.4 is 5.32 Å². The van der Waals surface area contributed by atoms with Gasteiger partial charge in [0.1, 0.15) is 4.88 Å². The first-order valence-corrected chi connectivity index (χ1v) is 9.93. The van der Waals surface area contributed by atoms with Crippen molar-refractivity contribution in [2.24, 2.45) is 0 Å². The van der Waals surface area contributed by atoms with Crippen LogP contribution in [0.5, 0.6) is 0 Å². The second-order valence-electron chi connectivity index (χ2n) is 5.67. The second-order valence-corrected chi connectivity index (χ2v) is 7.88. The molecule has 2 heterocycles. The summed E-state index contributed by atoms with van der Waals surface area (Å²) < 4.78 is 0.822. The Morgan fingerprint density at radius 2 is 1.88 bits per heavy atom. The second kappa shape index (κ2) is 8.21. The Balaban J connectivity index is 1.60. The highest BCUT2D eigenvalue weighted by atomic mass is 79.9. The number of nitrogens with zero attached hydrogens (tertiary/aromatic N) is 2. The van der Waals surface area contributed by atoms with E-state index in [2.05, 4.69) is 21.2 Å². The highest BCUT2D eigenvalue weighted by molar-refractivity contribution is 9.10. The molecular weight excluding hydrogens is 426 g/mol. The molecule has 0 atom stereocenters. The van der Waals surface area contributed by atoms with E-state index in [0.29, 0.717) is 41.8 Å². The summed E-state index contributed by atoms with van der Waals surface area (Å²) in [6.07, 6.45) is 0.748. The molecule has 1 N–H and O–H groups in total. The molecule has 1 aliphatic rings. The molecule has 1 fully saturated rings. The Morgan fingerprint density at radius 1 is 1.12 bits per heavy atom. The van der Waals surface area contributed by atoms with E-state index in [0.717, 1.165) is 10.9 Å². The fourth-order valence-electron chi connectivity index (χ4n) is 2.68. The van der Waals surface area contributed by atoms with Gasteiger partial charge in [0.2, 0.25) is 0 Å². The zero-order valence-electron chi connectivity index (χ0n) is 13.4. The number of amides is 3. The number of anilines is 1. The van der Waals surface area contributed by atoms with Gasteiger partial charge >= 0.3 is 6.03 Å². The predicted molar refractivity (Wildman–Crippen MR) is 105 cm³/mol. The number of halogens is 2. The van der Waals surface area contributed by atoms with E-state index >= 15 is 0 Å². The lowest BCUT2D eigenvalue weighted by atomic mass is 10.3. The van der Waals surface area contributed by atoms with Crippen LogP contribution in [-0.4, -0.2) is 47.9 Å². The fraction of sp³-hybridized carbons (Fsp3) is 0.294. The Hall–Kier alpha value is -1.57. The van der Waals surface area contributed by atoms with Crippen LogP contribution in [0.2, 0.25) is 5.02 Å². The number of hydrogen-bond donors (Lipinski definition) is 1. The van der Waals surface area contributed by atoms with Gasteiger partial charge in [-0.25, -0.2) is 4.79 Å². The van der Waals surface area contributed by atoms with Gasteiger partial charge in [-0.1, -0.05) is 17.7 Å². The minimum atomic E-state index is -0.172.